The van der Waals surface area contributed by atoms with E-state index in [1.54, 1.807) is 37.1 Å². The van der Waals surface area contributed by atoms with Crippen LogP contribution in [0, 0.1) is 5.82 Å². The van der Waals surface area contributed by atoms with Gasteiger partial charge in [-0.2, -0.15) is 5.10 Å². The lowest BCUT2D eigenvalue weighted by molar-refractivity contribution is 0.0713. The molecule has 0 saturated carbocycles. The third-order valence-corrected chi connectivity index (χ3v) is 3.32. The Morgan fingerprint density at radius 2 is 2.24 bits per heavy atom. The van der Waals surface area contributed by atoms with E-state index >= 15 is 0 Å². The van der Waals surface area contributed by atoms with E-state index in [0.29, 0.717) is 11.3 Å². The lowest BCUT2D eigenvalue weighted by Gasteiger charge is -2.23. The number of rotatable bonds is 5. The summed E-state index contributed by atoms with van der Waals surface area (Å²) in [5.74, 6) is -0.940. The van der Waals surface area contributed by atoms with Gasteiger partial charge in [0, 0.05) is 31.0 Å². The lowest BCUT2D eigenvalue weighted by Crippen LogP contribution is -2.30. The normalized spacial score (nSPS) is 13.8. The highest BCUT2D eigenvalue weighted by Gasteiger charge is 2.25. The van der Waals surface area contributed by atoms with Crippen molar-refractivity contribution in [1.82, 2.24) is 9.78 Å². The molecular formula is C15H18FN3O2. The molecule has 21 heavy (non-hydrogen) atoms. The first kappa shape index (κ1) is 15.2. The summed E-state index contributed by atoms with van der Waals surface area (Å²) in [7, 11) is 1.76. The summed E-state index contributed by atoms with van der Waals surface area (Å²) in [5, 5.41) is 17.4. The summed E-state index contributed by atoms with van der Waals surface area (Å²) < 4.78 is 15.3. The molecule has 0 saturated heterocycles. The van der Waals surface area contributed by atoms with E-state index in [1.807, 2.05) is 0 Å². The number of halogens is 1. The minimum Gasteiger partial charge on any atom is -0.383 e. The standard InChI is InChI=1S/C15H18FN3O2/c1-10(20)14-12(16)5-4-6-13(14)17-9-15(2,21)11-7-18-19(3)8-11/h4-8,17,21H,9H2,1-3H3/t15-/m1/s1. The van der Waals surface area contributed by atoms with Crippen LogP contribution in [-0.4, -0.2) is 27.2 Å². The molecule has 1 heterocycles. The number of carbonyl (C=O) groups is 1. The Hall–Kier alpha value is -2.21. The van der Waals surface area contributed by atoms with E-state index in [0.717, 1.165) is 0 Å². The van der Waals surface area contributed by atoms with Crippen LogP contribution in [0.5, 0.6) is 0 Å². The van der Waals surface area contributed by atoms with Gasteiger partial charge >= 0.3 is 0 Å². The Morgan fingerprint density at radius 3 is 2.81 bits per heavy atom. The van der Waals surface area contributed by atoms with Gasteiger partial charge in [-0.15, -0.1) is 0 Å². The van der Waals surface area contributed by atoms with Crippen molar-refractivity contribution in [1.29, 1.82) is 0 Å². The molecule has 1 atom stereocenters. The molecule has 0 aliphatic heterocycles. The highest BCUT2D eigenvalue weighted by Crippen LogP contribution is 2.24. The average molecular weight is 291 g/mol. The number of hydrogen-bond acceptors (Lipinski definition) is 4. The number of carbonyl (C=O) groups excluding carboxylic acids is 1. The molecule has 0 amide bonds. The maximum absolute atomic E-state index is 13.7. The number of aliphatic hydroxyl groups is 1. The third-order valence-electron chi connectivity index (χ3n) is 3.32. The van der Waals surface area contributed by atoms with E-state index in [9.17, 15) is 14.3 Å². The van der Waals surface area contributed by atoms with Gasteiger partial charge in [0.2, 0.25) is 0 Å². The Bertz CT molecular complexity index is 665. The summed E-state index contributed by atoms with van der Waals surface area (Å²) in [5.41, 5.74) is -0.182. The van der Waals surface area contributed by atoms with Crippen LogP contribution in [0.4, 0.5) is 10.1 Å². The van der Waals surface area contributed by atoms with E-state index in [4.69, 9.17) is 0 Å². The second-order valence-electron chi connectivity index (χ2n) is 5.25. The van der Waals surface area contributed by atoms with Gasteiger partial charge in [0.05, 0.1) is 11.8 Å². The van der Waals surface area contributed by atoms with E-state index in [-0.39, 0.29) is 17.9 Å². The Kier molecular flexibility index (Phi) is 4.09. The number of aryl methyl sites for hydroxylation is 1. The zero-order valence-corrected chi connectivity index (χ0v) is 12.2. The molecule has 1 aromatic carbocycles. The van der Waals surface area contributed by atoms with Crippen molar-refractivity contribution in [3.05, 3.63) is 47.5 Å². The minimum absolute atomic E-state index is 0.000475. The molecule has 1 aromatic heterocycles. The summed E-state index contributed by atoms with van der Waals surface area (Å²) in [6, 6.07) is 4.36. The van der Waals surface area contributed by atoms with Crippen molar-refractivity contribution in [2.24, 2.45) is 7.05 Å². The molecule has 0 bridgehead atoms. The fraction of sp³-hybridized carbons (Fsp3) is 0.333. The van der Waals surface area contributed by atoms with E-state index < -0.39 is 11.4 Å². The molecule has 2 rings (SSSR count). The maximum atomic E-state index is 13.7. The molecule has 2 aromatic rings. The molecule has 0 unspecified atom stereocenters. The zero-order chi connectivity index (χ0) is 15.6. The molecule has 0 spiro atoms. The van der Waals surface area contributed by atoms with Crippen molar-refractivity contribution in [3.8, 4) is 0 Å². The van der Waals surface area contributed by atoms with Gasteiger partial charge in [0.1, 0.15) is 11.4 Å². The van der Waals surface area contributed by atoms with Gasteiger partial charge in [-0.25, -0.2) is 4.39 Å². The smallest absolute Gasteiger partial charge is 0.164 e. The predicted octanol–water partition coefficient (Wildman–Crippen LogP) is 2.08. The highest BCUT2D eigenvalue weighted by molar-refractivity contribution is 5.99. The second kappa shape index (κ2) is 5.65. The van der Waals surface area contributed by atoms with Crippen molar-refractivity contribution in [3.63, 3.8) is 0 Å². The van der Waals surface area contributed by atoms with E-state index in [2.05, 4.69) is 10.4 Å². The van der Waals surface area contributed by atoms with Crippen LogP contribution in [0.2, 0.25) is 0 Å². The Labute approximate surface area is 122 Å². The van der Waals surface area contributed by atoms with Gasteiger partial charge in [-0.05, 0) is 26.0 Å². The van der Waals surface area contributed by atoms with Gasteiger partial charge in [0.25, 0.3) is 0 Å². The quantitative estimate of drug-likeness (QED) is 0.828. The molecule has 0 aliphatic rings. The number of aromatic nitrogens is 2. The molecule has 0 fully saturated rings. The van der Waals surface area contributed by atoms with Crippen LogP contribution in [-0.2, 0) is 12.6 Å². The molecular weight excluding hydrogens is 273 g/mol. The molecule has 2 N–H and O–H groups in total. The summed E-state index contributed by atoms with van der Waals surface area (Å²) in [6.45, 7) is 3.06. The van der Waals surface area contributed by atoms with Crippen LogP contribution in [0.25, 0.3) is 0 Å². The molecule has 0 radical (unpaired) electrons. The van der Waals surface area contributed by atoms with Gasteiger partial charge in [-0.3, -0.25) is 9.48 Å². The van der Waals surface area contributed by atoms with Crippen LogP contribution >= 0.6 is 0 Å². The Morgan fingerprint density at radius 1 is 1.52 bits per heavy atom. The van der Waals surface area contributed by atoms with Crippen LogP contribution in [0.15, 0.2) is 30.6 Å². The van der Waals surface area contributed by atoms with Crippen LogP contribution in [0.3, 0.4) is 0 Å². The van der Waals surface area contributed by atoms with Gasteiger partial charge in [0.15, 0.2) is 5.78 Å². The largest absolute Gasteiger partial charge is 0.383 e. The van der Waals surface area contributed by atoms with Crippen molar-refractivity contribution in [2.45, 2.75) is 19.4 Å². The third kappa shape index (κ3) is 3.28. The monoisotopic (exact) mass is 291 g/mol. The summed E-state index contributed by atoms with van der Waals surface area (Å²) in [6.07, 6.45) is 3.28. The Balaban J connectivity index is 2.20. The van der Waals surface area contributed by atoms with E-state index in [1.165, 1.54) is 19.1 Å². The number of ketones is 1. The van der Waals surface area contributed by atoms with Crippen molar-refractivity contribution in [2.75, 3.05) is 11.9 Å². The van der Waals surface area contributed by atoms with Crippen LogP contribution < -0.4 is 5.32 Å². The molecule has 5 nitrogen and oxygen atoms in total. The first-order valence-corrected chi connectivity index (χ1v) is 6.56. The fourth-order valence-electron chi connectivity index (χ4n) is 2.10. The SMILES string of the molecule is CC(=O)c1c(F)cccc1NC[C@@](C)(O)c1cnn(C)c1. The average Bonchev–Trinajstić information content (AvgIpc) is 2.83. The summed E-state index contributed by atoms with van der Waals surface area (Å²) >= 11 is 0. The number of Topliss-reactive ketones (excluding diaryl/α,β-unsaturated/α-hetero) is 1. The number of benzene rings is 1. The number of hydrogen-bond donors (Lipinski definition) is 2. The molecule has 6 heteroatoms. The molecule has 112 valence electrons. The topological polar surface area (TPSA) is 67.2 Å². The minimum atomic E-state index is -1.19. The highest BCUT2D eigenvalue weighted by atomic mass is 19.1. The fourth-order valence-corrected chi connectivity index (χ4v) is 2.10. The van der Waals surface area contributed by atoms with Crippen LogP contribution in [0.1, 0.15) is 29.8 Å². The van der Waals surface area contributed by atoms with Gasteiger partial charge < -0.3 is 10.4 Å². The predicted molar refractivity (Wildman–Crippen MR) is 77.7 cm³/mol. The molecule has 0 aliphatic carbocycles. The van der Waals surface area contributed by atoms with Gasteiger partial charge in [-0.1, -0.05) is 6.07 Å². The first-order chi connectivity index (χ1) is 9.81. The van der Waals surface area contributed by atoms with Crippen molar-refractivity contribution >= 4 is 11.5 Å². The lowest BCUT2D eigenvalue weighted by atomic mass is 9.99. The maximum Gasteiger partial charge on any atom is 0.164 e. The second-order valence-corrected chi connectivity index (χ2v) is 5.25. The first-order valence-electron chi connectivity index (χ1n) is 6.56. The number of nitrogens with one attached hydrogen (secondary N) is 1. The summed E-state index contributed by atoms with van der Waals surface area (Å²) in [4.78, 5) is 11.5. The number of nitrogens with zero attached hydrogens (tertiary/aromatic N) is 2. The van der Waals surface area contributed by atoms with Crippen molar-refractivity contribution < 1.29 is 14.3 Å². The number of anilines is 1. The zero-order valence-electron chi connectivity index (χ0n) is 12.2.